The number of alkyl halides is 1. The van der Waals surface area contributed by atoms with E-state index in [0.717, 1.165) is 5.56 Å². The molecule has 0 bridgehead atoms. The van der Waals surface area contributed by atoms with Gasteiger partial charge in [0.1, 0.15) is 4.83 Å². The van der Waals surface area contributed by atoms with Crippen LogP contribution in [0.2, 0.25) is 0 Å². The standard InChI is InChI=1S/C17H23BrO2/c1-3-20-17(19)16(18)14-11-7-8-12(2)15(14)13-9-5-4-6-10-13/h7-8,11,13,16H,3-6,9-10H2,1-2H3. The highest BCUT2D eigenvalue weighted by atomic mass is 79.9. The molecule has 1 saturated carbocycles. The largest absolute Gasteiger partial charge is 0.465 e. The molecule has 0 heterocycles. The Labute approximate surface area is 130 Å². The molecule has 1 unspecified atom stereocenters. The molecule has 20 heavy (non-hydrogen) atoms. The highest BCUT2D eigenvalue weighted by Crippen LogP contribution is 2.40. The van der Waals surface area contributed by atoms with E-state index in [2.05, 4.69) is 35.0 Å². The van der Waals surface area contributed by atoms with Gasteiger partial charge in [-0.1, -0.05) is 53.4 Å². The summed E-state index contributed by atoms with van der Waals surface area (Å²) in [5, 5.41) is 0. The Morgan fingerprint density at radius 1 is 1.35 bits per heavy atom. The maximum Gasteiger partial charge on any atom is 0.324 e. The van der Waals surface area contributed by atoms with E-state index in [0.29, 0.717) is 12.5 Å². The van der Waals surface area contributed by atoms with Gasteiger partial charge in [0.2, 0.25) is 0 Å². The molecule has 1 atom stereocenters. The summed E-state index contributed by atoms with van der Waals surface area (Å²) in [7, 11) is 0. The number of aryl methyl sites for hydroxylation is 1. The van der Waals surface area contributed by atoms with Crippen LogP contribution in [0.1, 0.15) is 66.5 Å². The van der Waals surface area contributed by atoms with Crippen molar-refractivity contribution in [2.24, 2.45) is 0 Å². The number of esters is 1. The third kappa shape index (κ3) is 3.43. The molecule has 1 aromatic carbocycles. The fraction of sp³-hybridized carbons (Fsp3) is 0.588. The summed E-state index contributed by atoms with van der Waals surface area (Å²) in [5.41, 5.74) is 3.75. The number of carbonyl (C=O) groups is 1. The molecule has 0 aliphatic heterocycles. The van der Waals surface area contributed by atoms with Gasteiger partial charge in [-0.15, -0.1) is 0 Å². The van der Waals surface area contributed by atoms with Crippen LogP contribution in [0.4, 0.5) is 0 Å². The fourth-order valence-corrected chi connectivity index (χ4v) is 3.75. The predicted octanol–water partition coefficient (Wildman–Crippen LogP) is 5.04. The van der Waals surface area contributed by atoms with Gasteiger partial charge >= 0.3 is 5.97 Å². The molecule has 0 saturated heterocycles. The lowest BCUT2D eigenvalue weighted by molar-refractivity contribution is -0.142. The zero-order valence-electron chi connectivity index (χ0n) is 12.3. The van der Waals surface area contributed by atoms with Crippen molar-refractivity contribution in [2.75, 3.05) is 6.61 Å². The van der Waals surface area contributed by atoms with E-state index in [1.807, 2.05) is 13.0 Å². The minimum Gasteiger partial charge on any atom is -0.465 e. The van der Waals surface area contributed by atoms with Crippen LogP contribution in [0.15, 0.2) is 18.2 Å². The normalized spacial score (nSPS) is 17.8. The number of rotatable bonds is 4. The molecule has 1 aromatic rings. The molecule has 1 fully saturated rings. The zero-order valence-corrected chi connectivity index (χ0v) is 13.9. The van der Waals surface area contributed by atoms with Crippen molar-refractivity contribution in [1.82, 2.24) is 0 Å². The summed E-state index contributed by atoms with van der Waals surface area (Å²) < 4.78 is 5.15. The number of hydrogen-bond acceptors (Lipinski definition) is 2. The Balaban J connectivity index is 2.32. The Morgan fingerprint density at radius 2 is 2.05 bits per heavy atom. The van der Waals surface area contributed by atoms with E-state index < -0.39 is 0 Å². The third-order valence-electron chi connectivity index (χ3n) is 4.14. The summed E-state index contributed by atoms with van der Waals surface area (Å²) in [6.07, 6.45) is 6.41. The van der Waals surface area contributed by atoms with Crippen molar-refractivity contribution < 1.29 is 9.53 Å². The first kappa shape index (κ1) is 15.6. The second-order valence-electron chi connectivity index (χ2n) is 5.53. The molecule has 2 rings (SSSR count). The number of hydrogen-bond donors (Lipinski definition) is 0. The molecule has 0 radical (unpaired) electrons. The fourth-order valence-electron chi connectivity index (χ4n) is 3.22. The molecule has 1 aliphatic rings. The van der Waals surface area contributed by atoms with E-state index in [9.17, 15) is 4.79 Å². The van der Waals surface area contributed by atoms with Gasteiger partial charge < -0.3 is 4.74 Å². The first-order chi connectivity index (χ1) is 9.65. The Bertz CT molecular complexity index is 464. The molecule has 3 heteroatoms. The number of halogens is 1. The maximum absolute atomic E-state index is 12.0. The third-order valence-corrected chi connectivity index (χ3v) is 5.00. The van der Waals surface area contributed by atoms with Gasteiger partial charge in [-0.25, -0.2) is 0 Å². The van der Waals surface area contributed by atoms with Crippen LogP contribution in [0, 0.1) is 6.92 Å². The highest BCUT2D eigenvalue weighted by Gasteiger charge is 2.26. The quantitative estimate of drug-likeness (QED) is 0.567. The topological polar surface area (TPSA) is 26.3 Å². The Kier molecular flexibility index (Phi) is 5.64. The van der Waals surface area contributed by atoms with Gasteiger partial charge in [-0.2, -0.15) is 0 Å². The SMILES string of the molecule is CCOC(=O)C(Br)c1cccc(C)c1C1CCCCC1. The lowest BCUT2D eigenvalue weighted by Crippen LogP contribution is -2.16. The second-order valence-corrected chi connectivity index (χ2v) is 6.44. The van der Waals surface area contributed by atoms with Gasteiger partial charge in [-0.05, 0) is 49.3 Å². The first-order valence-electron chi connectivity index (χ1n) is 7.55. The maximum atomic E-state index is 12.0. The molecular formula is C17H23BrO2. The van der Waals surface area contributed by atoms with Crippen LogP contribution in [0.25, 0.3) is 0 Å². The van der Waals surface area contributed by atoms with Crippen molar-refractivity contribution in [1.29, 1.82) is 0 Å². The van der Waals surface area contributed by atoms with E-state index in [1.54, 1.807) is 0 Å². The number of ether oxygens (including phenoxy) is 1. The Morgan fingerprint density at radius 3 is 2.70 bits per heavy atom. The zero-order chi connectivity index (χ0) is 14.5. The average Bonchev–Trinajstić information content (AvgIpc) is 2.47. The van der Waals surface area contributed by atoms with Crippen molar-refractivity contribution >= 4 is 21.9 Å². The van der Waals surface area contributed by atoms with Crippen molar-refractivity contribution in [2.45, 2.75) is 56.7 Å². The number of carbonyl (C=O) groups excluding carboxylic acids is 1. The lowest BCUT2D eigenvalue weighted by Gasteiger charge is -2.27. The molecule has 110 valence electrons. The van der Waals surface area contributed by atoms with Gasteiger partial charge in [-0.3, -0.25) is 4.79 Å². The average molecular weight is 339 g/mol. The molecule has 1 aliphatic carbocycles. The minimum atomic E-state index is -0.348. The monoisotopic (exact) mass is 338 g/mol. The highest BCUT2D eigenvalue weighted by molar-refractivity contribution is 9.09. The van der Waals surface area contributed by atoms with Gasteiger partial charge in [0.25, 0.3) is 0 Å². The summed E-state index contributed by atoms with van der Waals surface area (Å²) in [6, 6.07) is 6.25. The van der Waals surface area contributed by atoms with E-state index in [4.69, 9.17) is 4.74 Å². The summed E-state index contributed by atoms with van der Waals surface area (Å²) in [5.74, 6) is 0.407. The van der Waals surface area contributed by atoms with Crippen LogP contribution in [-0.4, -0.2) is 12.6 Å². The van der Waals surface area contributed by atoms with E-state index in [-0.39, 0.29) is 10.8 Å². The van der Waals surface area contributed by atoms with Crippen LogP contribution in [-0.2, 0) is 9.53 Å². The summed E-state index contributed by atoms with van der Waals surface area (Å²) in [4.78, 5) is 11.7. The first-order valence-corrected chi connectivity index (χ1v) is 8.46. The lowest BCUT2D eigenvalue weighted by atomic mass is 9.79. The van der Waals surface area contributed by atoms with E-state index >= 15 is 0 Å². The molecule has 0 N–H and O–H groups in total. The smallest absolute Gasteiger partial charge is 0.324 e. The van der Waals surface area contributed by atoms with Crippen LogP contribution in [0.3, 0.4) is 0 Å². The summed E-state index contributed by atoms with van der Waals surface area (Å²) in [6.45, 7) is 4.42. The second kappa shape index (κ2) is 7.26. The van der Waals surface area contributed by atoms with Crippen LogP contribution in [0.5, 0.6) is 0 Å². The van der Waals surface area contributed by atoms with Gasteiger partial charge in [0.05, 0.1) is 6.61 Å². The molecule has 0 aromatic heterocycles. The van der Waals surface area contributed by atoms with Crippen LogP contribution < -0.4 is 0 Å². The van der Waals surface area contributed by atoms with Crippen LogP contribution >= 0.6 is 15.9 Å². The van der Waals surface area contributed by atoms with Gasteiger partial charge in [0.15, 0.2) is 0 Å². The molecular weight excluding hydrogens is 316 g/mol. The number of benzene rings is 1. The molecule has 0 spiro atoms. The molecule has 2 nitrogen and oxygen atoms in total. The predicted molar refractivity (Wildman–Crippen MR) is 85.3 cm³/mol. The molecule has 0 amide bonds. The van der Waals surface area contributed by atoms with Crippen molar-refractivity contribution in [3.8, 4) is 0 Å². The van der Waals surface area contributed by atoms with Crippen molar-refractivity contribution in [3.63, 3.8) is 0 Å². The van der Waals surface area contributed by atoms with Crippen molar-refractivity contribution in [3.05, 3.63) is 34.9 Å². The Hall–Kier alpha value is -0.830. The summed E-state index contributed by atoms with van der Waals surface area (Å²) >= 11 is 3.53. The minimum absolute atomic E-state index is 0.185. The van der Waals surface area contributed by atoms with Gasteiger partial charge in [0, 0.05) is 0 Å². The van der Waals surface area contributed by atoms with E-state index in [1.165, 1.54) is 43.2 Å².